The molecule has 3 heterocycles. The predicted molar refractivity (Wildman–Crippen MR) is 125 cm³/mol. The van der Waals surface area contributed by atoms with Crippen LogP contribution in [-0.4, -0.2) is 56.2 Å². The summed E-state index contributed by atoms with van der Waals surface area (Å²) in [5.74, 6) is -0.0366. The van der Waals surface area contributed by atoms with E-state index in [-0.39, 0.29) is 10.8 Å². The maximum absolute atomic E-state index is 13.7. The van der Waals surface area contributed by atoms with Crippen molar-refractivity contribution in [3.8, 4) is 0 Å². The minimum Gasteiger partial charge on any atom is -0.369 e. The molecular weight excluding hydrogens is 426 g/mol. The van der Waals surface area contributed by atoms with Gasteiger partial charge in [-0.3, -0.25) is 4.79 Å². The Morgan fingerprint density at radius 3 is 2.59 bits per heavy atom. The molecular formula is C23H27N5O3S. The Morgan fingerprint density at radius 1 is 1.09 bits per heavy atom. The van der Waals surface area contributed by atoms with Crippen molar-refractivity contribution in [3.05, 3.63) is 47.7 Å². The number of aromatic nitrogens is 2. The topological polar surface area (TPSA) is 87.5 Å². The molecule has 5 rings (SSSR count). The standard InChI is InChI=1S/C23H27N5O3S/c1-3-21-20-6-4-18(26-12-9-24-10-13-26)15-23(20)28(25-21)32(30,31)19-5-7-22-17(14-19)8-11-27(22)16(2)29/h4-7,14-15,24H,3,8-13H2,1-2H3. The molecule has 2 aliphatic heterocycles. The van der Waals surface area contributed by atoms with Gasteiger partial charge in [-0.2, -0.15) is 17.6 Å². The molecule has 1 aromatic heterocycles. The summed E-state index contributed by atoms with van der Waals surface area (Å²) in [5, 5.41) is 8.72. The van der Waals surface area contributed by atoms with Crippen LogP contribution >= 0.6 is 0 Å². The van der Waals surface area contributed by atoms with Crippen LogP contribution in [0.25, 0.3) is 10.9 Å². The van der Waals surface area contributed by atoms with Gasteiger partial charge in [0.25, 0.3) is 10.0 Å². The normalized spacial score (nSPS) is 16.6. The van der Waals surface area contributed by atoms with Crippen LogP contribution in [0.4, 0.5) is 11.4 Å². The number of carbonyl (C=O) groups is 1. The molecule has 2 aliphatic rings. The van der Waals surface area contributed by atoms with E-state index >= 15 is 0 Å². The van der Waals surface area contributed by atoms with E-state index in [0.29, 0.717) is 24.9 Å². The fourth-order valence-corrected chi connectivity index (χ4v) is 6.02. The molecule has 1 fully saturated rings. The lowest BCUT2D eigenvalue weighted by Crippen LogP contribution is -2.43. The van der Waals surface area contributed by atoms with Crippen molar-refractivity contribution >= 4 is 38.2 Å². The molecule has 0 saturated carbocycles. The summed E-state index contributed by atoms with van der Waals surface area (Å²) in [7, 11) is -3.89. The van der Waals surface area contributed by atoms with E-state index in [9.17, 15) is 13.2 Å². The number of aryl methyl sites for hydroxylation is 1. The predicted octanol–water partition coefficient (Wildman–Crippen LogP) is 2.15. The third-order valence-electron chi connectivity index (χ3n) is 6.38. The van der Waals surface area contributed by atoms with Crippen LogP contribution in [0.2, 0.25) is 0 Å². The Balaban J connectivity index is 1.61. The summed E-state index contributed by atoms with van der Waals surface area (Å²) >= 11 is 0. The molecule has 0 radical (unpaired) electrons. The van der Waals surface area contributed by atoms with Gasteiger partial charge in [0, 0.05) is 56.4 Å². The highest BCUT2D eigenvalue weighted by Gasteiger charge is 2.28. The van der Waals surface area contributed by atoms with Crippen LogP contribution in [0, 0.1) is 0 Å². The molecule has 2 aromatic carbocycles. The van der Waals surface area contributed by atoms with Crippen molar-refractivity contribution in [1.29, 1.82) is 0 Å². The first-order valence-corrected chi connectivity index (χ1v) is 12.5. The molecule has 1 amide bonds. The molecule has 0 aliphatic carbocycles. The van der Waals surface area contributed by atoms with E-state index < -0.39 is 10.0 Å². The van der Waals surface area contributed by atoms with E-state index in [1.54, 1.807) is 23.1 Å². The van der Waals surface area contributed by atoms with E-state index in [0.717, 1.165) is 54.2 Å². The van der Waals surface area contributed by atoms with Crippen molar-refractivity contribution in [2.45, 2.75) is 31.6 Å². The van der Waals surface area contributed by atoms with Crippen LogP contribution in [0.1, 0.15) is 25.1 Å². The van der Waals surface area contributed by atoms with Gasteiger partial charge in [-0.1, -0.05) is 6.92 Å². The fraction of sp³-hybridized carbons (Fsp3) is 0.391. The lowest BCUT2D eigenvalue weighted by Gasteiger charge is -2.29. The monoisotopic (exact) mass is 453 g/mol. The lowest BCUT2D eigenvalue weighted by atomic mass is 10.1. The van der Waals surface area contributed by atoms with Gasteiger partial charge in [-0.05, 0) is 54.8 Å². The second kappa shape index (κ2) is 7.90. The average molecular weight is 454 g/mol. The van der Waals surface area contributed by atoms with Gasteiger partial charge in [0.05, 0.1) is 16.1 Å². The fourth-order valence-electron chi connectivity index (χ4n) is 4.67. The van der Waals surface area contributed by atoms with Crippen molar-refractivity contribution < 1.29 is 13.2 Å². The van der Waals surface area contributed by atoms with Crippen molar-refractivity contribution in [2.75, 3.05) is 42.5 Å². The third kappa shape index (κ3) is 3.36. The highest BCUT2D eigenvalue weighted by Crippen LogP contribution is 2.33. The Labute approximate surface area is 187 Å². The van der Waals surface area contributed by atoms with Crippen molar-refractivity contribution in [3.63, 3.8) is 0 Å². The molecule has 1 N–H and O–H groups in total. The summed E-state index contributed by atoms with van der Waals surface area (Å²) in [6, 6.07) is 11.0. The van der Waals surface area contributed by atoms with Crippen LogP contribution in [0.5, 0.6) is 0 Å². The second-order valence-corrected chi connectivity index (χ2v) is 10.1. The largest absolute Gasteiger partial charge is 0.369 e. The SMILES string of the molecule is CCc1nn(S(=O)(=O)c2ccc3c(c2)CCN3C(C)=O)c2cc(N3CCNCC3)ccc12. The average Bonchev–Trinajstić information content (AvgIpc) is 3.40. The smallest absolute Gasteiger partial charge is 0.283 e. The number of amides is 1. The first kappa shape index (κ1) is 21.0. The maximum Gasteiger partial charge on any atom is 0.283 e. The molecule has 0 atom stereocenters. The Hall–Kier alpha value is -2.91. The summed E-state index contributed by atoms with van der Waals surface area (Å²) in [6.45, 7) is 7.65. The Kier molecular flexibility index (Phi) is 5.17. The number of hydrogen-bond acceptors (Lipinski definition) is 6. The van der Waals surface area contributed by atoms with Crippen LogP contribution in [-0.2, 0) is 27.7 Å². The Bertz CT molecular complexity index is 1310. The molecule has 168 valence electrons. The molecule has 0 bridgehead atoms. The van der Waals surface area contributed by atoms with Gasteiger partial charge in [0.2, 0.25) is 5.91 Å². The summed E-state index contributed by atoms with van der Waals surface area (Å²) in [6.07, 6.45) is 1.29. The quantitative estimate of drug-likeness (QED) is 0.651. The summed E-state index contributed by atoms with van der Waals surface area (Å²) in [5.41, 5.74) is 4.03. The highest BCUT2D eigenvalue weighted by atomic mass is 32.2. The number of hydrogen-bond donors (Lipinski definition) is 1. The number of rotatable bonds is 4. The first-order chi connectivity index (χ1) is 15.4. The van der Waals surface area contributed by atoms with Gasteiger partial charge in [-0.25, -0.2) is 0 Å². The van der Waals surface area contributed by atoms with Gasteiger partial charge in [0.15, 0.2) is 0 Å². The minimum absolute atomic E-state index is 0.0366. The lowest BCUT2D eigenvalue weighted by molar-refractivity contribution is -0.116. The van der Waals surface area contributed by atoms with Crippen molar-refractivity contribution in [1.82, 2.24) is 14.5 Å². The van der Waals surface area contributed by atoms with E-state index in [2.05, 4.69) is 21.4 Å². The molecule has 8 nitrogen and oxygen atoms in total. The molecule has 0 spiro atoms. The number of carbonyl (C=O) groups excluding carboxylic acids is 1. The number of anilines is 2. The zero-order valence-corrected chi connectivity index (χ0v) is 19.2. The number of piperazine rings is 1. The molecule has 1 saturated heterocycles. The number of benzene rings is 2. The van der Waals surface area contributed by atoms with Crippen LogP contribution in [0.15, 0.2) is 41.3 Å². The Morgan fingerprint density at radius 2 is 1.88 bits per heavy atom. The minimum atomic E-state index is -3.89. The van der Waals surface area contributed by atoms with Gasteiger partial charge in [0.1, 0.15) is 0 Å². The molecule has 9 heteroatoms. The highest BCUT2D eigenvalue weighted by molar-refractivity contribution is 7.90. The molecule has 0 unspecified atom stereocenters. The van der Waals surface area contributed by atoms with Crippen molar-refractivity contribution in [2.24, 2.45) is 0 Å². The van der Waals surface area contributed by atoms with E-state index in [1.807, 2.05) is 19.1 Å². The van der Waals surface area contributed by atoms with E-state index in [4.69, 9.17) is 0 Å². The van der Waals surface area contributed by atoms with Crippen LogP contribution < -0.4 is 15.1 Å². The first-order valence-electron chi connectivity index (χ1n) is 11.0. The molecule has 3 aromatic rings. The van der Waals surface area contributed by atoms with Gasteiger partial charge >= 0.3 is 0 Å². The number of nitrogens with zero attached hydrogens (tertiary/aromatic N) is 4. The van der Waals surface area contributed by atoms with Gasteiger partial charge < -0.3 is 15.1 Å². The summed E-state index contributed by atoms with van der Waals surface area (Å²) in [4.78, 5) is 16.0. The van der Waals surface area contributed by atoms with Crippen LogP contribution in [0.3, 0.4) is 0 Å². The maximum atomic E-state index is 13.7. The molecule has 32 heavy (non-hydrogen) atoms. The second-order valence-electron chi connectivity index (χ2n) is 8.30. The zero-order valence-electron chi connectivity index (χ0n) is 18.3. The third-order valence-corrected chi connectivity index (χ3v) is 7.96. The summed E-state index contributed by atoms with van der Waals surface area (Å²) < 4.78 is 28.5. The van der Waals surface area contributed by atoms with E-state index in [1.165, 1.54) is 11.0 Å². The number of nitrogens with one attached hydrogen (secondary N) is 1. The van der Waals surface area contributed by atoms with Gasteiger partial charge in [-0.15, -0.1) is 0 Å². The zero-order chi connectivity index (χ0) is 22.5. The number of fused-ring (bicyclic) bond motifs is 2.